The maximum absolute atomic E-state index is 10.4. The Morgan fingerprint density at radius 2 is 2.46 bits per heavy atom. The quantitative estimate of drug-likeness (QED) is 0.539. The molecular weight excluding hydrogens is 190 g/mol. The van der Waals surface area contributed by atoms with Crippen LogP contribution < -0.4 is 16.4 Å². The Labute approximate surface area is 82.0 Å². The van der Waals surface area contributed by atoms with Gasteiger partial charge in [0.05, 0.1) is 6.10 Å². The molecule has 0 saturated carbocycles. The second-order valence-corrected chi connectivity index (χ2v) is 3.24. The third kappa shape index (κ3) is 4.05. The first kappa shape index (κ1) is 10.2. The van der Waals surface area contributed by atoms with Crippen LogP contribution in [0.4, 0.5) is 4.79 Å². The van der Waals surface area contributed by atoms with Gasteiger partial charge in [0.2, 0.25) is 0 Å². The minimum absolute atomic E-state index is 0.202. The number of nitrogens with one attached hydrogen (secondary N) is 2. The van der Waals surface area contributed by atoms with Gasteiger partial charge >= 0.3 is 6.03 Å². The minimum atomic E-state index is -0.648. The summed E-state index contributed by atoms with van der Waals surface area (Å²) >= 11 is 4.79. The number of rotatable bonds is 2. The average Bonchev–Trinajstić information content (AvgIpc) is 2.51. The molecule has 4 N–H and O–H groups in total. The van der Waals surface area contributed by atoms with Crippen LogP contribution in [-0.4, -0.2) is 30.4 Å². The molecule has 0 aromatic carbocycles. The molecule has 0 bridgehead atoms. The summed E-state index contributed by atoms with van der Waals surface area (Å²) in [5.74, 6) is 0. The van der Waals surface area contributed by atoms with Crippen LogP contribution in [0.15, 0.2) is 0 Å². The Morgan fingerprint density at radius 3 is 3.00 bits per heavy atom. The van der Waals surface area contributed by atoms with Crippen molar-refractivity contribution in [2.75, 3.05) is 13.2 Å². The van der Waals surface area contributed by atoms with Gasteiger partial charge in [-0.25, -0.2) is 4.79 Å². The Hall–Kier alpha value is -0.880. The lowest BCUT2D eigenvalue weighted by molar-refractivity contribution is 0.114. The number of urea groups is 1. The van der Waals surface area contributed by atoms with Gasteiger partial charge in [-0.15, -0.1) is 0 Å². The maximum Gasteiger partial charge on any atom is 0.318 e. The molecule has 0 aliphatic carbocycles. The van der Waals surface area contributed by atoms with Gasteiger partial charge in [0, 0.05) is 13.2 Å². The summed E-state index contributed by atoms with van der Waals surface area (Å²) in [5, 5.41) is 5.37. The number of hydrogen-bond acceptors (Lipinski definition) is 3. The zero-order chi connectivity index (χ0) is 9.68. The van der Waals surface area contributed by atoms with E-state index in [1.165, 1.54) is 0 Å². The van der Waals surface area contributed by atoms with Crippen molar-refractivity contribution in [1.29, 1.82) is 0 Å². The van der Waals surface area contributed by atoms with Crippen molar-refractivity contribution >= 4 is 23.4 Å². The summed E-state index contributed by atoms with van der Waals surface area (Å²) in [6.45, 7) is 1.43. The fraction of sp³-hybridized carbons (Fsp3) is 0.714. The third-order valence-electron chi connectivity index (χ3n) is 1.75. The highest BCUT2D eigenvalue weighted by atomic mass is 32.1. The molecule has 13 heavy (non-hydrogen) atoms. The molecule has 1 fully saturated rings. The van der Waals surface area contributed by atoms with Gasteiger partial charge in [0.1, 0.15) is 0 Å². The van der Waals surface area contributed by atoms with Crippen molar-refractivity contribution in [3.05, 3.63) is 0 Å². The molecule has 1 atom stereocenters. The molecule has 0 aromatic heterocycles. The van der Waals surface area contributed by atoms with Gasteiger partial charge in [-0.1, -0.05) is 0 Å². The van der Waals surface area contributed by atoms with Crippen LogP contribution in [-0.2, 0) is 4.74 Å². The van der Waals surface area contributed by atoms with Crippen molar-refractivity contribution in [2.45, 2.75) is 18.9 Å². The zero-order valence-electron chi connectivity index (χ0n) is 7.21. The average molecular weight is 203 g/mol. The maximum atomic E-state index is 10.4. The molecule has 1 rings (SSSR count). The molecule has 1 heterocycles. The minimum Gasteiger partial charge on any atom is -0.376 e. The molecule has 1 aliphatic heterocycles. The molecule has 5 nitrogen and oxygen atoms in total. The van der Waals surface area contributed by atoms with Crippen LogP contribution in [0.25, 0.3) is 0 Å². The normalized spacial score (nSPS) is 21.1. The first-order valence-corrected chi connectivity index (χ1v) is 4.55. The number of thiocarbonyl (C=S) groups is 1. The topological polar surface area (TPSA) is 76.4 Å². The highest BCUT2D eigenvalue weighted by Gasteiger charge is 2.15. The third-order valence-corrected chi connectivity index (χ3v) is 2.00. The highest BCUT2D eigenvalue weighted by Crippen LogP contribution is 2.10. The lowest BCUT2D eigenvalue weighted by Crippen LogP contribution is -2.44. The second kappa shape index (κ2) is 4.98. The molecule has 0 spiro atoms. The van der Waals surface area contributed by atoms with Crippen molar-refractivity contribution in [3.63, 3.8) is 0 Å². The van der Waals surface area contributed by atoms with E-state index < -0.39 is 6.03 Å². The van der Waals surface area contributed by atoms with Crippen LogP contribution in [0.5, 0.6) is 0 Å². The van der Waals surface area contributed by atoms with E-state index in [0.717, 1.165) is 19.4 Å². The van der Waals surface area contributed by atoms with E-state index in [1.54, 1.807) is 0 Å². The van der Waals surface area contributed by atoms with Crippen molar-refractivity contribution in [3.8, 4) is 0 Å². The second-order valence-electron chi connectivity index (χ2n) is 2.83. The lowest BCUT2D eigenvalue weighted by atomic mass is 10.2. The van der Waals surface area contributed by atoms with Gasteiger partial charge in [0.25, 0.3) is 0 Å². The number of amides is 2. The number of carbonyl (C=O) groups is 1. The Bertz CT molecular complexity index is 204. The summed E-state index contributed by atoms with van der Waals surface area (Å²) in [7, 11) is 0. The van der Waals surface area contributed by atoms with E-state index in [2.05, 4.69) is 10.6 Å². The smallest absolute Gasteiger partial charge is 0.318 e. The molecule has 0 aromatic rings. The van der Waals surface area contributed by atoms with Gasteiger partial charge in [0.15, 0.2) is 5.11 Å². The van der Waals surface area contributed by atoms with E-state index in [-0.39, 0.29) is 11.2 Å². The summed E-state index contributed by atoms with van der Waals surface area (Å²) < 4.78 is 5.34. The Balaban J connectivity index is 2.10. The molecule has 1 saturated heterocycles. The summed E-state index contributed by atoms with van der Waals surface area (Å²) in [5.41, 5.74) is 4.87. The van der Waals surface area contributed by atoms with Gasteiger partial charge in [-0.3, -0.25) is 5.32 Å². The summed E-state index contributed by atoms with van der Waals surface area (Å²) in [6, 6.07) is -0.648. The number of nitrogens with two attached hydrogens (primary N) is 1. The van der Waals surface area contributed by atoms with Gasteiger partial charge in [-0.05, 0) is 25.1 Å². The largest absolute Gasteiger partial charge is 0.376 e. The first-order valence-electron chi connectivity index (χ1n) is 4.14. The molecule has 1 unspecified atom stereocenters. The van der Waals surface area contributed by atoms with Crippen LogP contribution in [0.3, 0.4) is 0 Å². The van der Waals surface area contributed by atoms with E-state index in [4.69, 9.17) is 22.7 Å². The number of carbonyl (C=O) groups excluding carboxylic acids is 1. The van der Waals surface area contributed by atoms with Gasteiger partial charge in [-0.2, -0.15) is 0 Å². The molecule has 74 valence electrons. The van der Waals surface area contributed by atoms with E-state index in [9.17, 15) is 4.79 Å². The number of primary amides is 1. The van der Waals surface area contributed by atoms with Crippen LogP contribution in [0, 0.1) is 0 Å². The van der Waals surface area contributed by atoms with E-state index in [1.807, 2.05) is 0 Å². The predicted molar refractivity (Wildman–Crippen MR) is 52.3 cm³/mol. The molecule has 0 radical (unpaired) electrons. The van der Waals surface area contributed by atoms with Gasteiger partial charge < -0.3 is 15.8 Å². The zero-order valence-corrected chi connectivity index (χ0v) is 8.02. The molecule has 6 heteroatoms. The SMILES string of the molecule is NC(=O)NC(=S)NCC1CCCO1. The van der Waals surface area contributed by atoms with Crippen molar-refractivity contribution in [1.82, 2.24) is 10.6 Å². The monoisotopic (exact) mass is 203 g/mol. The van der Waals surface area contributed by atoms with Crippen LogP contribution in [0.1, 0.15) is 12.8 Å². The molecule has 2 amide bonds. The fourth-order valence-corrected chi connectivity index (χ4v) is 1.35. The van der Waals surface area contributed by atoms with Crippen molar-refractivity contribution < 1.29 is 9.53 Å². The Morgan fingerprint density at radius 1 is 1.69 bits per heavy atom. The van der Waals surface area contributed by atoms with Crippen molar-refractivity contribution in [2.24, 2.45) is 5.73 Å². The fourth-order valence-electron chi connectivity index (χ4n) is 1.17. The highest BCUT2D eigenvalue weighted by molar-refractivity contribution is 7.80. The standard InChI is InChI=1S/C7H13N3O2S/c8-6(11)10-7(13)9-4-5-2-1-3-12-5/h5H,1-4H2,(H4,8,9,10,11,13). The number of ether oxygens (including phenoxy) is 1. The van der Waals surface area contributed by atoms with E-state index >= 15 is 0 Å². The van der Waals surface area contributed by atoms with Crippen LogP contribution >= 0.6 is 12.2 Å². The Kier molecular flexibility index (Phi) is 3.91. The first-order chi connectivity index (χ1) is 6.18. The van der Waals surface area contributed by atoms with E-state index in [0.29, 0.717) is 6.54 Å². The van der Waals surface area contributed by atoms with Crippen LogP contribution in [0.2, 0.25) is 0 Å². The summed E-state index contributed by atoms with van der Waals surface area (Å²) in [4.78, 5) is 10.4. The predicted octanol–water partition coefficient (Wildman–Crippen LogP) is -0.292. The summed E-state index contributed by atoms with van der Waals surface area (Å²) in [6.07, 6.45) is 2.32. The lowest BCUT2D eigenvalue weighted by Gasteiger charge is -2.11. The number of hydrogen-bond donors (Lipinski definition) is 3. The molecular formula is C7H13N3O2S. The molecule has 1 aliphatic rings.